The van der Waals surface area contributed by atoms with Gasteiger partial charge in [0.05, 0.1) is 4.92 Å². The average molecular weight is 247 g/mol. The molecule has 1 aromatic carbocycles. The van der Waals surface area contributed by atoms with Crippen molar-refractivity contribution in [1.29, 1.82) is 0 Å². The van der Waals surface area contributed by atoms with E-state index in [1.807, 2.05) is 0 Å². The van der Waals surface area contributed by atoms with Gasteiger partial charge in [0.25, 0.3) is 5.69 Å². The second-order valence-corrected chi connectivity index (χ2v) is 3.57. The number of hydrogen-bond donors (Lipinski definition) is 1. The van der Waals surface area contributed by atoms with E-state index in [4.69, 9.17) is 0 Å². The Labute approximate surface area is 102 Å². The first kappa shape index (κ1) is 12.0. The van der Waals surface area contributed by atoms with Crippen LogP contribution in [-0.4, -0.2) is 9.91 Å². The van der Waals surface area contributed by atoms with Gasteiger partial charge in [0.2, 0.25) is 0 Å². The van der Waals surface area contributed by atoms with Crippen molar-refractivity contribution in [3.63, 3.8) is 0 Å². The molecule has 0 fully saturated rings. The number of nitro groups is 1. The Kier molecular flexibility index (Phi) is 3.47. The zero-order chi connectivity index (χ0) is 13.0. The van der Waals surface area contributed by atoms with E-state index in [2.05, 4.69) is 10.3 Å². The molecule has 2 aromatic rings. The van der Waals surface area contributed by atoms with Crippen molar-refractivity contribution in [2.24, 2.45) is 0 Å². The lowest BCUT2D eigenvalue weighted by Crippen LogP contribution is -2.05. The molecule has 0 spiro atoms. The standard InChI is InChI=1S/C12H10FN3O2/c13-10-5-3-7-14-12(10)15-8-9-4-1-2-6-11(9)16(17)18/h1-7H,8H2,(H,14,15). The molecule has 2 rings (SSSR count). The summed E-state index contributed by atoms with van der Waals surface area (Å²) < 4.78 is 13.3. The van der Waals surface area contributed by atoms with E-state index in [9.17, 15) is 14.5 Å². The smallest absolute Gasteiger partial charge is 0.274 e. The minimum atomic E-state index is -0.490. The summed E-state index contributed by atoms with van der Waals surface area (Å²) in [5.74, 6) is -0.410. The molecule has 0 aliphatic heterocycles. The number of hydrogen-bond acceptors (Lipinski definition) is 4. The summed E-state index contributed by atoms with van der Waals surface area (Å²) in [5, 5.41) is 13.5. The largest absolute Gasteiger partial charge is 0.363 e. The maximum absolute atomic E-state index is 13.3. The zero-order valence-electron chi connectivity index (χ0n) is 9.34. The lowest BCUT2D eigenvalue weighted by atomic mass is 10.2. The predicted octanol–water partition coefficient (Wildman–Crippen LogP) is 2.74. The predicted molar refractivity (Wildman–Crippen MR) is 64.6 cm³/mol. The van der Waals surface area contributed by atoms with Crippen LogP contribution in [0, 0.1) is 15.9 Å². The van der Waals surface area contributed by atoms with Crippen molar-refractivity contribution in [2.75, 3.05) is 5.32 Å². The van der Waals surface area contributed by atoms with Gasteiger partial charge in [-0.3, -0.25) is 10.1 Å². The molecule has 1 aromatic heterocycles. The Bertz CT molecular complexity index is 575. The van der Waals surface area contributed by atoms with Crippen LogP contribution in [0.25, 0.3) is 0 Å². The van der Waals surface area contributed by atoms with Gasteiger partial charge in [-0.05, 0) is 12.1 Å². The molecule has 0 aliphatic rings. The molecule has 0 bridgehead atoms. The van der Waals surface area contributed by atoms with Crippen LogP contribution in [0.4, 0.5) is 15.9 Å². The van der Waals surface area contributed by atoms with Crippen LogP contribution in [0.1, 0.15) is 5.56 Å². The lowest BCUT2D eigenvalue weighted by Gasteiger charge is -2.06. The van der Waals surface area contributed by atoms with Crippen LogP contribution in [0.2, 0.25) is 0 Å². The number of pyridine rings is 1. The third-order valence-electron chi connectivity index (χ3n) is 2.39. The van der Waals surface area contributed by atoms with Crippen molar-refractivity contribution in [3.8, 4) is 0 Å². The summed E-state index contributed by atoms with van der Waals surface area (Å²) in [6.07, 6.45) is 1.45. The van der Waals surface area contributed by atoms with Gasteiger partial charge in [-0.25, -0.2) is 9.37 Å². The summed E-state index contributed by atoms with van der Waals surface area (Å²) in [6, 6.07) is 9.06. The molecule has 0 saturated heterocycles. The normalized spacial score (nSPS) is 10.1. The Morgan fingerprint density at radius 2 is 2.06 bits per heavy atom. The Balaban J connectivity index is 2.16. The van der Waals surface area contributed by atoms with Crippen molar-refractivity contribution in [3.05, 3.63) is 64.1 Å². The molecule has 0 saturated carbocycles. The molecule has 0 unspecified atom stereocenters. The quantitative estimate of drug-likeness (QED) is 0.666. The summed E-state index contributed by atoms with van der Waals surface area (Å²) in [5.41, 5.74) is 0.480. The molecule has 0 radical (unpaired) electrons. The van der Waals surface area contributed by atoms with Crippen LogP contribution in [0.3, 0.4) is 0 Å². The SMILES string of the molecule is O=[N+]([O-])c1ccccc1CNc1ncccc1F. The van der Waals surface area contributed by atoms with E-state index >= 15 is 0 Å². The maximum Gasteiger partial charge on any atom is 0.274 e. The highest BCUT2D eigenvalue weighted by Gasteiger charge is 2.12. The summed E-state index contributed by atoms with van der Waals surface area (Å²) in [6.45, 7) is 0.144. The van der Waals surface area contributed by atoms with Crippen molar-refractivity contribution < 1.29 is 9.31 Å². The number of nitro benzene ring substituents is 1. The van der Waals surface area contributed by atoms with Gasteiger partial charge < -0.3 is 5.32 Å². The van der Waals surface area contributed by atoms with Crippen LogP contribution < -0.4 is 5.32 Å². The third-order valence-corrected chi connectivity index (χ3v) is 2.39. The van der Waals surface area contributed by atoms with Gasteiger partial charge in [0.1, 0.15) is 0 Å². The number of anilines is 1. The first-order valence-corrected chi connectivity index (χ1v) is 5.25. The molecule has 18 heavy (non-hydrogen) atoms. The number of para-hydroxylation sites is 1. The van der Waals surface area contributed by atoms with Crippen LogP contribution >= 0.6 is 0 Å². The van der Waals surface area contributed by atoms with Crippen LogP contribution in [0.5, 0.6) is 0 Å². The first-order valence-electron chi connectivity index (χ1n) is 5.25. The fourth-order valence-electron chi connectivity index (χ4n) is 1.53. The van der Waals surface area contributed by atoms with E-state index in [-0.39, 0.29) is 18.1 Å². The zero-order valence-corrected chi connectivity index (χ0v) is 9.34. The molecule has 1 N–H and O–H groups in total. The number of rotatable bonds is 4. The molecular weight excluding hydrogens is 237 g/mol. The minimum absolute atomic E-state index is 0.00124. The van der Waals surface area contributed by atoms with E-state index in [0.717, 1.165) is 0 Å². The molecule has 92 valence electrons. The third kappa shape index (κ3) is 2.60. The average Bonchev–Trinajstić information content (AvgIpc) is 2.38. The first-order chi connectivity index (χ1) is 8.68. The van der Waals surface area contributed by atoms with E-state index in [1.54, 1.807) is 18.2 Å². The van der Waals surface area contributed by atoms with Crippen molar-refractivity contribution in [1.82, 2.24) is 4.98 Å². The molecule has 0 atom stereocenters. The number of benzene rings is 1. The van der Waals surface area contributed by atoms with E-state index in [1.165, 1.54) is 24.4 Å². The Morgan fingerprint density at radius 3 is 2.78 bits per heavy atom. The lowest BCUT2D eigenvalue weighted by molar-refractivity contribution is -0.385. The number of nitrogens with one attached hydrogen (secondary N) is 1. The van der Waals surface area contributed by atoms with E-state index in [0.29, 0.717) is 5.56 Å². The van der Waals surface area contributed by atoms with Gasteiger partial charge in [0.15, 0.2) is 11.6 Å². The number of nitrogens with zero attached hydrogens (tertiary/aromatic N) is 2. The van der Waals surface area contributed by atoms with Crippen LogP contribution in [0.15, 0.2) is 42.6 Å². The minimum Gasteiger partial charge on any atom is -0.363 e. The highest BCUT2D eigenvalue weighted by molar-refractivity contribution is 5.43. The van der Waals surface area contributed by atoms with Gasteiger partial charge >= 0.3 is 0 Å². The van der Waals surface area contributed by atoms with Gasteiger partial charge in [0, 0.05) is 24.4 Å². The summed E-state index contributed by atoms with van der Waals surface area (Å²) in [7, 11) is 0. The van der Waals surface area contributed by atoms with Gasteiger partial charge in [-0.15, -0.1) is 0 Å². The fraction of sp³-hybridized carbons (Fsp3) is 0.0833. The van der Waals surface area contributed by atoms with Gasteiger partial charge in [-0.2, -0.15) is 0 Å². The molecular formula is C12H10FN3O2. The maximum atomic E-state index is 13.3. The fourth-order valence-corrected chi connectivity index (χ4v) is 1.53. The summed E-state index contributed by atoms with van der Waals surface area (Å²) >= 11 is 0. The Morgan fingerprint density at radius 1 is 1.28 bits per heavy atom. The number of aromatic nitrogens is 1. The van der Waals surface area contributed by atoms with Crippen molar-refractivity contribution >= 4 is 11.5 Å². The molecule has 5 nitrogen and oxygen atoms in total. The van der Waals surface area contributed by atoms with E-state index < -0.39 is 10.7 Å². The second-order valence-electron chi connectivity index (χ2n) is 3.57. The monoisotopic (exact) mass is 247 g/mol. The second kappa shape index (κ2) is 5.22. The topological polar surface area (TPSA) is 68.1 Å². The molecule has 0 amide bonds. The Hall–Kier alpha value is -2.50. The summed E-state index contributed by atoms with van der Waals surface area (Å²) in [4.78, 5) is 14.1. The van der Waals surface area contributed by atoms with Gasteiger partial charge in [-0.1, -0.05) is 18.2 Å². The highest BCUT2D eigenvalue weighted by Crippen LogP contribution is 2.19. The van der Waals surface area contributed by atoms with Crippen LogP contribution in [-0.2, 0) is 6.54 Å². The molecule has 6 heteroatoms. The van der Waals surface area contributed by atoms with Crippen molar-refractivity contribution in [2.45, 2.75) is 6.54 Å². The molecule has 1 heterocycles. The molecule has 0 aliphatic carbocycles. The highest BCUT2D eigenvalue weighted by atomic mass is 19.1. The number of halogens is 1.